The van der Waals surface area contributed by atoms with Crippen LogP contribution >= 0.6 is 11.8 Å². The van der Waals surface area contributed by atoms with Crippen LogP contribution in [0, 0.1) is 5.92 Å². The quantitative estimate of drug-likeness (QED) is 0.747. The number of hydrogen-bond donors (Lipinski definition) is 1. The molecule has 0 aliphatic carbocycles. The number of carbonyl (C=O) groups excluding carboxylic acids is 1. The lowest BCUT2D eigenvalue weighted by atomic mass is 10.0. The third-order valence-corrected chi connectivity index (χ3v) is 4.49. The van der Waals surface area contributed by atoms with Gasteiger partial charge in [-0.15, -0.1) is 11.8 Å². The van der Waals surface area contributed by atoms with Crippen LogP contribution in [0.2, 0.25) is 0 Å². The normalized spacial score (nSPS) is 13.8. The van der Waals surface area contributed by atoms with Gasteiger partial charge in [0.25, 0.3) is 5.91 Å². The lowest BCUT2D eigenvalue weighted by Gasteiger charge is -2.24. The molecule has 0 aliphatic rings. The smallest absolute Gasteiger partial charge is 0.263 e. The molecule has 124 valence electrons. The van der Waals surface area contributed by atoms with Gasteiger partial charge in [0.1, 0.15) is 5.75 Å². The van der Waals surface area contributed by atoms with Crippen molar-refractivity contribution < 1.29 is 9.53 Å². The van der Waals surface area contributed by atoms with Crippen molar-refractivity contribution >= 4 is 17.7 Å². The minimum Gasteiger partial charge on any atom is -0.481 e. The van der Waals surface area contributed by atoms with E-state index in [0.717, 1.165) is 6.42 Å². The van der Waals surface area contributed by atoms with Crippen molar-refractivity contribution in [3.63, 3.8) is 0 Å². The molecule has 0 aliphatic heterocycles. The third-order valence-electron chi connectivity index (χ3n) is 3.75. The molecule has 1 rings (SSSR count). The van der Waals surface area contributed by atoms with Crippen LogP contribution in [0.5, 0.6) is 5.75 Å². The van der Waals surface area contributed by atoms with Gasteiger partial charge in [-0.1, -0.05) is 13.8 Å². The fourth-order valence-corrected chi connectivity index (χ4v) is 2.41. The van der Waals surface area contributed by atoms with Gasteiger partial charge in [0.15, 0.2) is 6.10 Å². The van der Waals surface area contributed by atoms with E-state index in [1.165, 1.54) is 4.90 Å². The summed E-state index contributed by atoms with van der Waals surface area (Å²) in [6, 6.07) is 7.88. The van der Waals surface area contributed by atoms with Gasteiger partial charge in [0, 0.05) is 24.5 Å². The lowest BCUT2D eigenvalue weighted by Crippen LogP contribution is -2.40. The molecule has 22 heavy (non-hydrogen) atoms. The number of benzene rings is 1. The van der Waals surface area contributed by atoms with Gasteiger partial charge in [-0.2, -0.15) is 0 Å². The largest absolute Gasteiger partial charge is 0.481 e. The third kappa shape index (κ3) is 5.89. The second kappa shape index (κ2) is 9.06. The van der Waals surface area contributed by atoms with Crippen molar-refractivity contribution in [2.24, 2.45) is 11.7 Å². The van der Waals surface area contributed by atoms with Crippen LogP contribution in [-0.2, 0) is 4.79 Å². The molecular formula is C17H28N2O2S. The van der Waals surface area contributed by atoms with Crippen LogP contribution in [0.3, 0.4) is 0 Å². The highest BCUT2D eigenvalue weighted by Crippen LogP contribution is 2.20. The first kappa shape index (κ1) is 18.8. The first-order valence-electron chi connectivity index (χ1n) is 7.66. The zero-order valence-electron chi connectivity index (χ0n) is 14.2. The van der Waals surface area contributed by atoms with Crippen LogP contribution in [0.15, 0.2) is 29.2 Å². The summed E-state index contributed by atoms with van der Waals surface area (Å²) in [5, 5.41) is 0. The minimum absolute atomic E-state index is 0.0232. The van der Waals surface area contributed by atoms with Crippen molar-refractivity contribution in [3.05, 3.63) is 24.3 Å². The summed E-state index contributed by atoms with van der Waals surface area (Å²) < 4.78 is 5.72. The summed E-state index contributed by atoms with van der Waals surface area (Å²) in [4.78, 5) is 15.2. The summed E-state index contributed by atoms with van der Waals surface area (Å²) in [6.07, 6.45) is 2.33. The maximum atomic E-state index is 12.3. The van der Waals surface area contributed by atoms with Gasteiger partial charge in [0.05, 0.1) is 0 Å². The molecule has 0 saturated heterocycles. The maximum absolute atomic E-state index is 12.3. The SMILES string of the molecule is CSc1ccc(OC(C)C(=O)N(C)CCC(N)C(C)C)cc1. The zero-order valence-corrected chi connectivity index (χ0v) is 15.0. The molecule has 0 radical (unpaired) electrons. The molecule has 2 unspecified atom stereocenters. The Bertz CT molecular complexity index is 462. The maximum Gasteiger partial charge on any atom is 0.263 e. The van der Waals surface area contributed by atoms with Gasteiger partial charge in [-0.05, 0) is 49.8 Å². The van der Waals surface area contributed by atoms with Gasteiger partial charge >= 0.3 is 0 Å². The Kier molecular flexibility index (Phi) is 7.76. The van der Waals surface area contributed by atoms with Crippen LogP contribution in [0.1, 0.15) is 27.2 Å². The molecule has 2 N–H and O–H groups in total. The number of amides is 1. The van der Waals surface area contributed by atoms with E-state index >= 15 is 0 Å². The van der Waals surface area contributed by atoms with E-state index in [1.54, 1.807) is 30.6 Å². The number of likely N-dealkylation sites (N-methyl/N-ethyl adjacent to an activating group) is 1. The highest BCUT2D eigenvalue weighted by molar-refractivity contribution is 7.98. The van der Waals surface area contributed by atoms with Crippen LogP contribution in [-0.4, -0.2) is 42.8 Å². The predicted octanol–water partition coefficient (Wildman–Crippen LogP) is 3.01. The van der Waals surface area contributed by atoms with Gasteiger partial charge in [0.2, 0.25) is 0 Å². The number of rotatable bonds is 8. The summed E-state index contributed by atoms with van der Waals surface area (Å²) in [6.45, 7) is 6.62. The standard InChI is InChI=1S/C17H28N2O2S/c1-12(2)16(18)10-11-19(4)17(20)13(3)21-14-6-8-15(22-5)9-7-14/h6-9,12-13,16H,10-11,18H2,1-5H3. The second-order valence-corrected chi connectivity index (χ2v) is 6.77. The molecule has 0 saturated carbocycles. The molecule has 2 atom stereocenters. The number of thioether (sulfide) groups is 1. The average molecular weight is 324 g/mol. The average Bonchev–Trinajstić information content (AvgIpc) is 2.51. The Balaban J connectivity index is 2.49. The first-order chi connectivity index (χ1) is 10.3. The molecule has 0 aromatic heterocycles. The van der Waals surface area contributed by atoms with Gasteiger partial charge in [-0.3, -0.25) is 4.79 Å². The summed E-state index contributed by atoms with van der Waals surface area (Å²) in [5.41, 5.74) is 6.02. The lowest BCUT2D eigenvalue weighted by molar-refractivity contribution is -0.136. The molecule has 1 aromatic rings. The molecule has 0 fully saturated rings. The van der Waals surface area contributed by atoms with Gasteiger partial charge in [-0.25, -0.2) is 0 Å². The molecular weight excluding hydrogens is 296 g/mol. The van der Waals surface area contributed by atoms with Crippen LogP contribution in [0.25, 0.3) is 0 Å². The van der Waals surface area contributed by atoms with E-state index in [0.29, 0.717) is 18.2 Å². The zero-order chi connectivity index (χ0) is 16.7. The molecule has 1 aromatic carbocycles. The summed E-state index contributed by atoms with van der Waals surface area (Å²) >= 11 is 1.68. The molecule has 4 nitrogen and oxygen atoms in total. The van der Waals surface area contributed by atoms with E-state index in [1.807, 2.05) is 30.5 Å². The van der Waals surface area contributed by atoms with E-state index in [-0.39, 0.29) is 11.9 Å². The predicted molar refractivity (Wildman–Crippen MR) is 93.4 cm³/mol. The molecule has 0 bridgehead atoms. The Morgan fingerprint density at radius 1 is 1.27 bits per heavy atom. The fraction of sp³-hybridized carbons (Fsp3) is 0.588. The van der Waals surface area contributed by atoms with Crippen molar-refractivity contribution in [3.8, 4) is 5.75 Å². The van der Waals surface area contributed by atoms with E-state index < -0.39 is 6.10 Å². The fourth-order valence-electron chi connectivity index (χ4n) is 2.01. The van der Waals surface area contributed by atoms with Crippen molar-refractivity contribution in [2.45, 2.75) is 44.2 Å². The van der Waals surface area contributed by atoms with E-state index in [4.69, 9.17) is 10.5 Å². The van der Waals surface area contributed by atoms with Crippen molar-refractivity contribution in [1.29, 1.82) is 0 Å². The van der Waals surface area contributed by atoms with Crippen molar-refractivity contribution in [1.82, 2.24) is 4.90 Å². The highest BCUT2D eigenvalue weighted by Gasteiger charge is 2.20. The highest BCUT2D eigenvalue weighted by atomic mass is 32.2. The summed E-state index contributed by atoms with van der Waals surface area (Å²) in [5.74, 6) is 1.11. The Labute approximate surface area is 138 Å². The monoisotopic (exact) mass is 324 g/mol. The van der Waals surface area contributed by atoms with E-state index in [2.05, 4.69) is 13.8 Å². The summed E-state index contributed by atoms with van der Waals surface area (Å²) in [7, 11) is 1.80. The number of hydrogen-bond acceptors (Lipinski definition) is 4. The Morgan fingerprint density at radius 2 is 1.86 bits per heavy atom. The van der Waals surface area contributed by atoms with Crippen LogP contribution < -0.4 is 10.5 Å². The van der Waals surface area contributed by atoms with Gasteiger partial charge < -0.3 is 15.4 Å². The Hall–Kier alpha value is -1.20. The molecule has 0 spiro atoms. The topological polar surface area (TPSA) is 55.6 Å². The second-order valence-electron chi connectivity index (χ2n) is 5.89. The number of nitrogens with two attached hydrogens (primary N) is 1. The number of nitrogens with zero attached hydrogens (tertiary/aromatic N) is 1. The van der Waals surface area contributed by atoms with E-state index in [9.17, 15) is 4.79 Å². The molecule has 5 heteroatoms. The Morgan fingerprint density at radius 3 is 2.36 bits per heavy atom. The van der Waals surface area contributed by atoms with Crippen LogP contribution in [0.4, 0.5) is 0 Å². The first-order valence-corrected chi connectivity index (χ1v) is 8.89. The molecule has 0 heterocycles. The van der Waals surface area contributed by atoms with Crippen molar-refractivity contribution in [2.75, 3.05) is 19.8 Å². The number of carbonyl (C=O) groups is 1. The molecule has 1 amide bonds. The minimum atomic E-state index is -0.500. The number of ether oxygens (including phenoxy) is 1.